The van der Waals surface area contributed by atoms with E-state index in [-0.39, 0.29) is 12.5 Å². The average Bonchev–Trinajstić information content (AvgIpc) is 3.21. The maximum absolute atomic E-state index is 12.6. The lowest BCUT2D eigenvalue weighted by Gasteiger charge is -2.27. The van der Waals surface area contributed by atoms with Gasteiger partial charge in [-0.1, -0.05) is 30.3 Å². The standard InChI is InChI=1S/C17H24N2O2/c20-11-9-17(16(21)18-15-6-7-15)8-10-19(13-17)12-14-4-2-1-3-5-14/h1-5,15,20H,6-13H2,(H,18,21). The molecule has 1 heterocycles. The number of nitrogens with one attached hydrogen (secondary N) is 1. The van der Waals surface area contributed by atoms with Gasteiger partial charge in [-0.15, -0.1) is 0 Å². The van der Waals surface area contributed by atoms with Gasteiger partial charge in [-0.25, -0.2) is 0 Å². The molecule has 2 N–H and O–H groups in total. The first-order chi connectivity index (χ1) is 10.2. The van der Waals surface area contributed by atoms with Gasteiger partial charge in [0.25, 0.3) is 0 Å². The van der Waals surface area contributed by atoms with E-state index < -0.39 is 5.41 Å². The van der Waals surface area contributed by atoms with E-state index in [1.807, 2.05) is 18.2 Å². The van der Waals surface area contributed by atoms with E-state index in [0.29, 0.717) is 12.5 Å². The molecule has 21 heavy (non-hydrogen) atoms. The summed E-state index contributed by atoms with van der Waals surface area (Å²) in [6.45, 7) is 2.63. The number of likely N-dealkylation sites (tertiary alicyclic amines) is 1. The first-order valence-corrected chi connectivity index (χ1v) is 7.90. The molecule has 1 aliphatic carbocycles. The fourth-order valence-electron chi connectivity index (χ4n) is 3.22. The highest BCUT2D eigenvalue weighted by molar-refractivity contribution is 5.83. The van der Waals surface area contributed by atoms with Gasteiger partial charge in [0.1, 0.15) is 0 Å². The maximum atomic E-state index is 12.6. The topological polar surface area (TPSA) is 52.6 Å². The molecule has 1 amide bonds. The summed E-state index contributed by atoms with van der Waals surface area (Å²) < 4.78 is 0. The van der Waals surface area contributed by atoms with E-state index in [1.54, 1.807) is 0 Å². The number of nitrogens with zero attached hydrogens (tertiary/aromatic N) is 1. The maximum Gasteiger partial charge on any atom is 0.227 e. The Balaban J connectivity index is 1.64. The molecule has 3 rings (SSSR count). The third kappa shape index (κ3) is 3.44. The van der Waals surface area contributed by atoms with Crippen LogP contribution in [0.3, 0.4) is 0 Å². The van der Waals surface area contributed by atoms with Crippen LogP contribution in [0.4, 0.5) is 0 Å². The van der Waals surface area contributed by atoms with Crippen LogP contribution in [0.5, 0.6) is 0 Å². The molecular weight excluding hydrogens is 264 g/mol. The second-order valence-electron chi connectivity index (χ2n) is 6.45. The zero-order chi connectivity index (χ0) is 14.7. The van der Waals surface area contributed by atoms with Crippen LogP contribution in [0, 0.1) is 5.41 Å². The van der Waals surface area contributed by atoms with E-state index in [0.717, 1.165) is 38.9 Å². The molecule has 0 aromatic heterocycles. The van der Waals surface area contributed by atoms with E-state index >= 15 is 0 Å². The van der Waals surface area contributed by atoms with Crippen molar-refractivity contribution in [3.05, 3.63) is 35.9 Å². The highest BCUT2D eigenvalue weighted by Gasteiger charge is 2.45. The molecule has 1 atom stereocenters. The molecule has 2 aliphatic rings. The predicted molar refractivity (Wildman–Crippen MR) is 81.6 cm³/mol. The van der Waals surface area contributed by atoms with Crippen LogP contribution in [0.25, 0.3) is 0 Å². The van der Waals surface area contributed by atoms with Crippen molar-refractivity contribution in [3.8, 4) is 0 Å². The molecule has 4 nitrogen and oxygen atoms in total. The third-order valence-electron chi connectivity index (χ3n) is 4.67. The smallest absolute Gasteiger partial charge is 0.227 e. The number of carbonyl (C=O) groups excluding carboxylic acids is 1. The Morgan fingerprint density at radius 2 is 2.10 bits per heavy atom. The van der Waals surface area contributed by atoms with E-state index in [1.165, 1.54) is 5.56 Å². The van der Waals surface area contributed by atoms with Crippen molar-refractivity contribution in [3.63, 3.8) is 0 Å². The average molecular weight is 288 g/mol. The van der Waals surface area contributed by atoms with Gasteiger partial charge < -0.3 is 10.4 Å². The lowest BCUT2D eigenvalue weighted by molar-refractivity contribution is -0.131. The summed E-state index contributed by atoms with van der Waals surface area (Å²) in [6.07, 6.45) is 3.62. The second kappa shape index (κ2) is 6.16. The van der Waals surface area contributed by atoms with Gasteiger partial charge in [0.15, 0.2) is 0 Å². The summed E-state index contributed by atoms with van der Waals surface area (Å²) >= 11 is 0. The Morgan fingerprint density at radius 1 is 1.33 bits per heavy atom. The number of rotatable bonds is 6. The van der Waals surface area contributed by atoms with E-state index in [9.17, 15) is 9.90 Å². The number of hydrogen-bond acceptors (Lipinski definition) is 3. The fourth-order valence-corrected chi connectivity index (χ4v) is 3.22. The van der Waals surface area contributed by atoms with Gasteiger partial charge in [0, 0.05) is 25.7 Å². The summed E-state index contributed by atoms with van der Waals surface area (Å²) in [6, 6.07) is 10.7. The number of hydrogen-bond donors (Lipinski definition) is 2. The van der Waals surface area contributed by atoms with Crippen LogP contribution in [0.2, 0.25) is 0 Å². The van der Waals surface area contributed by atoms with Crippen molar-refractivity contribution in [2.24, 2.45) is 5.41 Å². The van der Waals surface area contributed by atoms with Crippen LogP contribution in [0.15, 0.2) is 30.3 Å². The van der Waals surface area contributed by atoms with Crippen molar-refractivity contribution < 1.29 is 9.90 Å². The zero-order valence-electron chi connectivity index (χ0n) is 12.4. The lowest BCUT2D eigenvalue weighted by atomic mass is 9.82. The molecule has 1 aromatic rings. The zero-order valence-corrected chi connectivity index (χ0v) is 12.4. The number of amides is 1. The fraction of sp³-hybridized carbons (Fsp3) is 0.588. The van der Waals surface area contributed by atoms with Crippen LogP contribution in [-0.2, 0) is 11.3 Å². The van der Waals surface area contributed by atoms with Crippen molar-refractivity contribution in [1.29, 1.82) is 0 Å². The van der Waals surface area contributed by atoms with E-state index in [2.05, 4.69) is 22.3 Å². The Morgan fingerprint density at radius 3 is 2.76 bits per heavy atom. The molecule has 1 aromatic carbocycles. The minimum absolute atomic E-state index is 0.0806. The van der Waals surface area contributed by atoms with Crippen molar-refractivity contribution in [1.82, 2.24) is 10.2 Å². The number of aliphatic hydroxyl groups is 1. The van der Waals surface area contributed by atoms with Gasteiger partial charge in [-0.2, -0.15) is 0 Å². The Bertz CT molecular complexity index is 487. The summed E-state index contributed by atoms with van der Waals surface area (Å²) in [5.41, 5.74) is 0.881. The quantitative estimate of drug-likeness (QED) is 0.835. The number of benzene rings is 1. The van der Waals surface area contributed by atoms with Gasteiger partial charge >= 0.3 is 0 Å². The molecule has 1 unspecified atom stereocenters. The minimum Gasteiger partial charge on any atom is -0.396 e. The molecule has 0 spiro atoms. The Hall–Kier alpha value is -1.39. The number of carbonyl (C=O) groups is 1. The SMILES string of the molecule is O=C(NC1CC1)C1(CCO)CCN(Cc2ccccc2)C1. The summed E-state index contributed by atoms with van der Waals surface area (Å²) in [5, 5.41) is 12.5. The Kier molecular flexibility index (Phi) is 4.27. The van der Waals surface area contributed by atoms with Crippen LogP contribution < -0.4 is 5.32 Å². The van der Waals surface area contributed by atoms with Gasteiger partial charge in [0.2, 0.25) is 5.91 Å². The van der Waals surface area contributed by atoms with Crippen LogP contribution in [-0.4, -0.2) is 41.7 Å². The molecule has 4 heteroatoms. The predicted octanol–water partition coefficient (Wildman–Crippen LogP) is 1.54. The van der Waals surface area contributed by atoms with E-state index in [4.69, 9.17) is 0 Å². The minimum atomic E-state index is -0.397. The summed E-state index contributed by atoms with van der Waals surface area (Å²) in [5.74, 6) is 0.148. The molecule has 1 saturated carbocycles. The third-order valence-corrected chi connectivity index (χ3v) is 4.67. The summed E-state index contributed by atoms with van der Waals surface area (Å²) in [7, 11) is 0. The lowest BCUT2D eigenvalue weighted by Crippen LogP contribution is -2.44. The van der Waals surface area contributed by atoms with Gasteiger partial charge in [-0.3, -0.25) is 9.69 Å². The van der Waals surface area contributed by atoms with Crippen molar-refractivity contribution in [2.45, 2.75) is 38.3 Å². The first-order valence-electron chi connectivity index (χ1n) is 7.90. The highest BCUT2D eigenvalue weighted by Crippen LogP contribution is 2.36. The van der Waals surface area contributed by atoms with Crippen molar-refractivity contribution in [2.75, 3.05) is 19.7 Å². The molecule has 1 aliphatic heterocycles. The first kappa shape index (κ1) is 14.5. The molecule has 1 saturated heterocycles. The second-order valence-corrected chi connectivity index (χ2v) is 6.45. The molecule has 114 valence electrons. The molecular formula is C17H24N2O2. The Labute approximate surface area is 126 Å². The van der Waals surface area contributed by atoms with Gasteiger partial charge in [0.05, 0.1) is 5.41 Å². The normalized spacial score (nSPS) is 26.0. The van der Waals surface area contributed by atoms with Crippen LogP contribution in [0.1, 0.15) is 31.2 Å². The molecule has 0 bridgehead atoms. The molecule has 0 radical (unpaired) electrons. The molecule has 2 fully saturated rings. The largest absolute Gasteiger partial charge is 0.396 e. The summed E-state index contributed by atoms with van der Waals surface area (Å²) in [4.78, 5) is 14.9. The highest BCUT2D eigenvalue weighted by atomic mass is 16.3. The van der Waals surface area contributed by atoms with Crippen LogP contribution >= 0.6 is 0 Å². The van der Waals surface area contributed by atoms with Gasteiger partial charge in [-0.05, 0) is 37.8 Å². The number of aliphatic hydroxyl groups excluding tert-OH is 1. The monoisotopic (exact) mass is 288 g/mol. The van der Waals surface area contributed by atoms with Crippen molar-refractivity contribution >= 4 is 5.91 Å².